The Hall–Kier alpha value is -5.67. The molecule has 7 aromatic rings. The summed E-state index contributed by atoms with van der Waals surface area (Å²) in [6.45, 7) is 7.98. The van der Waals surface area contributed by atoms with E-state index in [1.807, 2.05) is 134 Å². The second kappa shape index (κ2) is 19.9. The van der Waals surface area contributed by atoms with Crippen molar-refractivity contribution in [2.24, 2.45) is 0 Å². The molecule has 0 aliphatic heterocycles. The first-order chi connectivity index (χ1) is 23.8. The van der Waals surface area contributed by atoms with Crippen molar-refractivity contribution in [3.8, 4) is 22.5 Å². The fraction of sp³-hybridized carbons (Fsp3) is 0.0222. The number of benzene rings is 5. The molecule has 0 fully saturated rings. The van der Waals surface area contributed by atoms with Crippen molar-refractivity contribution in [3.63, 3.8) is 0 Å². The van der Waals surface area contributed by atoms with Gasteiger partial charge in [0.05, 0.1) is 0 Å². The molecule has 0 spiro atoms. The summed E-state index contributed by atoms with van der Waals surface area (Å²) in [5, 5.41) is 9.05. The predicted molar refractivity (Wildman–Crippen MR) is 202 cm³/mol. The average Bonchev–Trinajstić information content (AvgIpc) is 3.17. The van der Waals surface area contributed by atoms with E-state index in [0.29, 0.717) is 6.54 Å². The van der Waals surface area contributed by atoms with Crippen molar-refractivity contribution in [3.05, 3.63) is 224 Å². The average molecular weight is 810 g/mol. The van der Waals surface area contributed by atoms with E-state index in [4.69, 9.17) is 0 Å². The van der Waals surface area contributed by atoms with Gasteiger partial charge in [0, 0.05) is 32.5 Å². The molecule has 0 atom stereocenters. The SMILES string of the molecule is C=C/C=C(C=C)/C=C\[N-]Cc1[c-]cccc1.[Ir].[c-]1ccccc1-c1nccc2ccccc12.[c-]1ccccc1-c1nccc2ccccc12. The molecule has 0 unspecified atom stereocenters. The van der Waals surface area contributed by atoms with Gasteiger partial charge < -0.3 is 15.3 Å². The van der Waals surface area contributed by atoms with Crippen LogP contribution in [0.2, 0.25) is 0 Å². The minimum Gasteiger partial charge on any atom is -0.689 e. The predicted octanol–water partition coefficient (Wildman–Crippen LogP) is 11.6. The Morgan fingerprint density at radius 3 is 1.59 bits per heavy atom. The van der Waals surface area contributed by atoms with Crippen molar-refractivity contribution < 1.29 is 20.1 Å². The van der Waals surface area contributed by atoms with Crippen LogP contribution in [0, 0.1) is 18.2 Å². The number of hydrogen-bond acceptors (Lipinski definition) is 2. The first kappa shape index (κ1) is 36.2. The third kappa shape index (κ3) is 10.7. The quantitative estimate of drug-likeness (QED) is 0.113. The number of allylic oxidation sites excluding steroid dienone is 5. The van der Waals surface area contributed by atoms with Crippen LogP contribution in [-0.2, 0) is 26.7 Å². The fourth-order valence-corrected chi connectivity index (χ4v) is 4.90. The van der Waals surface area contributed by atoms with E-state index in [0.717, 1.165) is 33.7 Å². The zero-order chi connectivity index (χ0) is 33.2. The van der Waals surface area contributed by atoms with Gasteiger partial charge in [-0.15, -0.1) is 78.3 Å². The molecule has 4 heteroatoms. The number of aromatic nitrogens is 2. The number of pyridine rings is 2. The molecule has 1 radical (unpaired) electrons. The van der Waals surface area contributed by atoms with E-state index in [1.165, 1.54) is 21.5 Å². The summed E-state index contributed by atoms with van der Waals surface area (Å²) in [5.41, 5.74) is 6.16. The fourth-order valence-electron chi connectivity index (χ4n) is 4.90. The molecular formula is C45H35IrN3-4. The molecule has 243 valence electrons. The molecule has 0 saturated carbocycles. The van der Waals surface area contributed by atoms with Crippen LogP contribution in [0.1, 0.15) is 5.56 Å². The largest absolute Gasteiger partial charge is 0.689 e. The van der Waals surface area contributed by atoms with Crippen LogP contribution >= 0.6 is 0 Å². The summed E-state index contributed by atoms with van der Waals surface area (Å²) < 4.78 is 0. The second-order valence-corrected chi connectivity index (χ2v) is 10.5. The molecule has 0 N–H and O–H groups in total. The second-order valence-electron chi connectivity index (χ2n) is 10.5. The van der Waals surface area contributed by atoms with Gasteiger partial charge >= 0.3 is 0 Å². The smallest absolute Gasteiger partial charge is 0.0167 e. The Bertz CT molecular complexity index is 1980. The van der Waals surface area contributed by atoms with Crippen molar-refractivity contribution in [1.82, 2.24) is 9.97 Å². The molecule has 5 aromatic carbocycles. The van der Waals surface area contributed by atoms with Gasteiger partial charge in [-0.2, -0.15) is 42.1 Å². The molecule has 0 aliphatic rings. The van der Waals surface area contributed by atoms with E-state index < -0.39 is 0 Å². The van der Waals surface area contributed by atoms with Crippen LogP contribution in [0.3, 0.4) is 0 Å². The van der Waals surface area contributed by atoms with Gasteiger partial charge in [0.25, 0.3) is 0 Å². The van der Waals surface area contributed by atoms with Crippen molar-refractivity contribution in [2.45, 2.75) is 6.54 Å². The number of rotatable bonds is 8. The summed E-state index contributed by atoms with van der Waals surface area (Å²) in [6, 6.07) is 53.8. The summed E-state index contributed by atoms with van der Waals surface area (Å²) in [4.78, 5) is 8.89. The maximum absolute atomic E-state index is 4.45. The molecule has 49 heavy (non-hydrogen) atoms. The molecule has 7 rings (SSSR count). The molecule has 0 bridgehead atoms. The molecule has 3 nitrogen and oxygen atoms in total. The van der Waals surface area contributed by atoms with Crippen LogP contribution in [0.25, 0.3) is 49.4 Å². The standard InChI is InChI=1S/2C15H10N.C15H15N.Ir/c2*1-2-7-13(8-3-1)15-14-9-5-4-6-12(14)10-11-16-15;1-3-8-14(4-2)11-12-16-13-15-9-6-5-7-10-15;/h2*1-7,9-11H;3-9,11-12H,1-2,13H2;/q2*-1;-2;/b;;12-11-,14-8+;. The Kier molecular flexibility index (Phi) is 14.7. The summed E-state index contributed by atoms with van der Waals surface area (Å²) >= 11 is 0. The summed E-state index contributed by atoms with van der Waals surface area (Å²) in [6.07, 6.45) is 12.7. The van der Waals surface area contributed by atoms with E-state index in [1.54, 1.807) is 18.4 Å². The first-order valence-electron chi connectivity index (χ1n) is 15.6. The van der Waals surface area contributed by atoms with Crippen LogP contribution in [-0.4, -0.2) is 9.97 Å². The molecule has 0 amide bonds. The first-order valence-corrected chi connectivity index (χ1v) is 15.6. The van der Waals surface area contributed by atoms with Gasteiger partial charge in [-0.25, -0.2) is 0 Å². The van der Waals surface area contributed by atoms with E-state index in [2.05, 4.69) is 70.9 Å². The van der Waals surface area contributed by atoms with Gasteiger partial charge in [-0.05, 0) is 50.6 Å². The molecular weight excluding hydrogens is 775 g/mol. The van der Waals surface area contributed by atoms with E-state index >= 15 is 0 Å². The Morgan fingerprint density at radius 2 is 1.12 bits per heavy atom. The monoisotopic (exact) mass is 810 g/mol. The molecule has 2 heterocycles. The number of nitrogens with zero attached hydrogens (tertiary/aromatic N) is 3. The van der Waals surface area contributed by atoms with Crippen LogP contribution in [0.4, 0.5) is 0 Å². The number of fused-ring (bicyclic) bond motifs is 2. The molecule has 0 aliphatic carbocycles. The summed E-state index contributed by atoms with van der Waals surface area (Å²) in [7, 11) is 0. The molecule has 0 saturated heterocycles. The maximum atomic E-state index is 4.45. The van der Waals surface area contributed by atoms with Gasteiger partial charge in [0.15, 0.2) is 0 Å². The van der Waals surface area contributed by atoms with E-state index in [9.17, 15) is 0 Å². The summed E-state index contributed by atoms with van der Waals surface area (Å²) in [5.74, 6) is 0. The Balaban J connectivity index is 0.000000164. The van der Waals surface area contributed by atoms with Gasteiger partial charge in [-0.1, -0.05) is 86.0 Å². The van der Waals surface area contributed by atoms with Crippen LogP contribution in [0.5, 0.6) is 0 Å². The Labute approximate surface area is 303 Å². The molecule has 2 aromatic heterocycles. The van der Waals surface area contributed by atoms with Gasteiger partial charge in [-0.3, -0.25) is 0 Å². The van der Waals surface area contributed by atoms with Crippen molar-refractivity contribution in [1.29, 1.82) is 0 Å². The maximum Gasteiger partial charge on any atom is 0.0167 e. The normalized spacial score (nSPS) is 10.6. The minimum atomic E-state index is 0. The minimum absolute atomic E-state index is 0. The van der Waals surface area contributed by atoms with Crippen LogP contribution < -0.4 is 0 Å². The van der Waals surface area contributed by atoms with E-state index in [-0.39, 0.29) is 20.1 Å². The zero-order valence-electron chi connectivity index (χ0n) is 27.0. The Morgan fingerprint density at radius 1 is 0.612 bits per heavy atom. The third-order valence-corrected chi connectivity index (χ3v) is 7.23. The number of hydrogen-bond donors (Lipinski definition) is 0. The third-order valence-electron chi connectivity index (χ3n) is 7.23. The van der Waals surface area contributed by atoms with Crippen LogP contribution in [0.15, 0.2) is 195 Å². The van der Waals surface area contributed by atoms with Crippen molar-refractivity contribution in [2.75, 3.05) is 0 Å². The topological polar surface area (TPSA) is 39.9 Å². The van der Waals surface area contributed by atoms with Crippen molar-refractivity contribution >= 4 is 21.5 Å². The van der Waals surface area contributed by atoms with Gasteiger partial charge in [0.2, 0.25) is 0 Å². The van der Waals surface area contributed by atoms with Gasteiger partial charge in [0.1, 0.15) is 0 Å². The zero-order valence-corrected chi connectivity index (χ0v) is 29.4.